The molecule has 5 nitrogen and oxygen atoms in total. The van der Waals surface area contributed by atoms with Crippen LogP contribution in [0.2, 0.25) is 0 Å². The number of carbonyl (C=O) groups is 2. The van der Waals surface area contributed by atoms with E-state index < -0.39 is 0 Å². The summed E-state index contributed by atoms with van der Waals surface area (Å²) in [6, 6.07) is 6.06. The fourth-order valence-electron chi connectivity index (χ4n) is 5.65. The molecule has 3 fully saturated rings. The summed E-state index contributed by atoms with van der Waals surface area (Å²) in [7, 11) is 0. The Labute approximate surface area is 168 Å². The molecule has 152 valence electrons. The molecule has 4 rings (SSSR count). The molecule has 3 atom stereocenters. The minimum atomic E-state index is 0.0640. The minimum absolute atomic E-state index is 0.0640. The van der Waals surface area contributed by atoms with Crippen LogP contribution in [0, 0.1) is 31.6 Å². The van der Waals surface area contributed by atoms with E-state index >= 15 is 0 Å². The molecule has 2 saturated carbocycles. The highest BCUT2D eigenvalue weighted by Crippen LogP contribution is 2.49. The number of hydrogen-bond donors (Lipinski definition) is 2. The standard InChI is InChI=1S/C23H33N3O2/c1-16-4-3-5-17(2)23(16)24-21(27)15-25-8-10-26(11-9-25)22(28)14-20-13-18-6-7-19(20)12-18/h3-5,18-20H,6-15H2,1-2H3,(H,24,27)/p+1/t18-,19-,20-/m1/s1. The fraction of sp³-hybridized carbons (Fsp3) is 0.652. The Balaban J connectivity index is 1.22. The van der Waals surface area contributed by atoms with Gasteiger partial charge in [0, 0.05) is 12.1 Å². The maximum absolute atomic E-state index is 12.7. The molecule has 2 amide bonds. The predicted octanol–water partition coefficient (Wildman–Crippen LogP) is 1.80. The van der Waals surface area contributed by atoms with Gasteiger partial charge in [-0.2, -0.15) is 0 Å². The van der Waals surface area contributed by atoms with Gasteiger partial charge in [-0.25, -0.2) is 0 Å². The summed E-state index contributed by atoms with van der Waals surface area (Å²) in [4.78, 5) is 28.5. The van der Waals surface area contributed by atoms with Gasteiger partial charge in [-0.05, 0) is 62.0 Å². The van der Waals surface area contributed by atoms with Crippen LogP contribution in [-0.4, -0.2) is 49.4 Å². The van der Waals surface area contributed by atoms with Crippen molar-refractivity contribution in [3.8, 4) is 0 Å². The number of benzene rings is 1. The quantitative estimate of drug-likeness (QED) is 0.813. The molecule has 28 heavy (non-hydrogen) atoms. The minimum Gasteiger partial charge on any atom is -0.331 e. The third-order valence-corrected chi connectivity index (χ3v) is 7.30. The Hall–Kier alpha value is -1.88. The SMILES string of the molecule is Cc1cccc(C)c1NC(=O)C[NH+]1CCN(C(=O)C[C@H]2C[C@@H]3CC[C@@H]2C3)CC1. The van der Waals surface area contributed by atoms with E-state index in [0.717, 1.165) is 61.2 Å². The van der Waals surface area contributed by atoms with Crippen LogP contribution >= 0.6 is 0 Å². The fourth-order valence-corrected chi connectivity index (χ4v) is 5.65. The Morgan fingerprint density at radius 1 is 1.11 bits per heavy atom. The van der Waals surface area contributed by atoms with Crippen LogP contribution in [-0.2, 0) is 9.59 Å². The largest absolute Gasteiger partial charge is 0.331 e. The first-order valence-electron chi connectivity index (χ1n) is 11.0. The number of nitrogens with zero attached hydrogens (tertiary/aromatic N) is 1. The van der Waals surface area contributed by atoms with Crippen LogP contribution in [0.4, 0.5) is 5.69 Å². The molecule has 1 aliphatic heterocycles. The summed E-state index contributed by atoms with van der Waals surface area (Å²) in [5, 5.41) is 3.08. The molecule has 2 bridgehead atoms. The molecule has 5 heteroatoms. The number of nitrogens with one attached hydrogen (secondary N) is 2. The maximum Gasteiger partial charge on any atom is 0.279 e. The summed E-state index contributed by atoms with van der Waals surface area (Å²) in [5.41, 5.74) is 3.13. The molecular weight excluding hydrogens is 350 g/mol. The molecule has 1 heterocycles. The average molecular weight is 385 g/mol. The molecule has 0 spiro atoms. The second-order valence-corrected chi connectivity index (χ2v) is 9.26. The molecule has 0 unspecified atom stereocenters. The van der Waals surface area contributed by atoms with Crippen LogP contribution in [0.5, 0.6) is 0 Å². The first-order valence-corrected chi connectivity index (χ1v) is 11.0. The van der Waals surface area contributed by atoms with E-state index in [0.29, 0.717) is 18.4 Å². The van der Waals surface area contributed by atoms with Gasteiger partial charge in [0.1, 0.15) is 0 Å². The summed E-state index contributed by atoms with van der Waals surface area (Å²) in [6.45, 7) is 7.82. The molecule has 2 aliphatic carbocycles. The number of amides is 2. The first-order chi connectivity index (χ1) is 13.5. The smallest absolute Gasteiger partial charge is 0.279 e. The zero-order valence-electron chi connectivity index (χ0n) is 17.3. The molecule has 2 N–H and O–H groups in total. The number of fused-ring (bicyclic) bond motifs is 2. The monoisotopic (exact) mass is 384 g/mol. The molecule has 1 aromatic carbocycles. The number of rotatable bonds is 5. The number of anilines is 1. The molecule has 0 aromatic heterocycles. The molecule has 0 radical (unpaired) electrons. The van der Waals surface area contributed by atoms with E-state index in [1.54, 1.807) is 0 Å². The second kappa shape index (κ2) is 8.24. The third kappa shape index (κ3) is 4.24. The Kier molecular flexibility index (Phi) is 5.72. The van der Waals surface area contributed by atoms with Crippen LogP contribution < -0.4 is 10.2 Å². The van der Waals surface area contributed by atoms with Crippen molar-refractivity contribution in [2.75, 3.05) is 38.0 Å². The van der Waals surface area contributed by atoms with Gasteiger partial charge in [-0.3, -0.25) is 9.59 Å². The van der Waals surface area contributed by atoms with E-state index in [4.69, 9.17) is 0 Å². The number of hydrogen-bond acceptors (Lipinski definition) is 2. The van der Waals surface area contributed by atoms with Crippen LogP contribution in [0.15, 0.2) is 18.2 Å². The summed E-state index contributed by atoms with van der Waals surface area (Å²) < 4.78 is 0. The van der Waals surface area contributed by atoms with E-state index in [1.807, 2.05) is 36.9 Å². The van der Waals surface area contributed by atoms with Crippen molar-refractivity contribution in [2.24, 2.45) is 17.8 Å². The van der Waals surface area contributed by atoms with E-state index in [-0.39, 0.29) is 5.91 Å². The van der Waals surface area contributed by atoms with E-state index in [9.17, 15) is 9.59 Å². The van der Waals surface area contributed by atoms with Crippen molar-refractivity contribution >= 4 is 17.5 Å². The summed E-state index contributed by atoms with van der Waals surface area (Å²) in [6.07, 6.45) is 6.13. The van der Waals surface area contributed by atoms with Crippen LogP contribution in [0.25, 0.3) is 0 Å². The van der Waals surface area contributed by atoms with Crippen molar-refractivity contribution in [1.82, 2.24) is 4.90 Å². The lowest BCUT2D eigenvalue weighted by Crippen LogP contribution is -3.15. The number of para-hydroxylation sites is 1. The van der Waals surface area contributed by atoms with Gasteiger partial charge < -0.3 is 15.1 Å². The number of aryl methyl sites for hydroxylation is 2. The summed E-state index contributed by atoms with van der Waals surface area (Å²) in [5.74, 6) is 2.76. The van der Waals surface area contributed by atoms with Gasteiger partial charge in [-0.1, -0.05) is 24.6 Å². The normalized spacial score (nSPS) is 27.2. The van der Waals surface area contributed by atoms with Gasteiger partial charge in [-0.15, -0.1) is 0 Å². The number of piperazine rings is 1. The van der Waals surface area contributed by atoms with Gasteiger partial charge in [0.2, 0.25) is 5.91 Å². The Morgan fingerprint density at radius 3 is 2.43 bits per heavy atom. The van der Waals surface area contributed by atoms with Crippen molar-refractivity contribution in [1.29, 1.82) is 0 Å². The van der Waals surface area contributed by atoms with Crippen molar-refractivity contribution in [3.63, 3.8) is 0 Å². The molecule has 3 aliphatic rings. The lowest BCUT2D eigenvalue weighted by Gasteiger charge is -2.33. The predicted molar refractivity (Wildman–Crippen MR) is 110 cm³/mol. The lowest BCUT2D eigenvalue weighted by molar-refractivity contribution is -0.895. The van der Waals surface area contributed by atoms with E-state index in [1.165, 1.54) is 30.6 Å². The van der Waals surface area contributed by atoms with E-state index in [2.05, 4.69) is 5.32 Å². The van der Waals surface area contributed by atoms with Crippen LogP contribution in [0.1, 0.15) is 43.2 Å². The zero-order valence-corrected chi connectivity index (χ0v) is 17.3. The van der Waals surface area contributed by atoms with Crippen molar-refractivity contribution in [3.05, 3.63) is 29.3 Å². The Morgan fingerprint density at radius 2 is 1.82 bits per heavy atom. The summed E-state index contributed by atoms with van der Waals surface area (Å²) >= 11 is 0. The first kappa shape index (κ1) is 19.4. The van der Waals surface area contributed by atoms with Gasteiger partial charge in [0.15, 0.2) is 6.54 Å². The lowest BCUT2D eigenvalue weighted by atomic mass is 9.86. The van der Waals surface area contributed by atoms with Crippen molar-refractivity contribution in [2.45, 2.75) is 46.0 Å². The topological polar surface area (TPSA) is 53.9 Å². The zero-order chi connectivity index (χ0) is 19.7. The maximum atomic E-state index is 12.7. The Bertz CT molecular complexity index is 719. The van der Waals surface area contributed by atoms with Gasteiger partial charge >= 0.3 is 0 Å². The third-order valence-electron chi connectivity index (χ3n) is 7.30. The molecule has 1 aromatic rings. The molecule has 1 saturated heterocycles. The average Bonchev–Trinajstić information content (AvgIpc) is 3.28. The van der Waals surface area contributed by atoms with Crippen molar-refractivity contribution < 1.29 is 14.5 Å². The molecular formula is C23H34N3O2+. The highest BCUT2D eigenvalue weighted by atomic mass is 16.2. The van der Waals surface area contributed by atoms with Gasteiger partial charge in [0.25, 0.3) is 5.91 Å². The van der Waals surface area contributed by atoms with Gasteiger partial charge in [0.05, 0.1) is 26.2 Å². The number of quaternary nitrogens is 1. The van der Waals surface area contributed by atoms with Crippen LogP contribution in [0.3, 0.4) is 0 Å². The second-order valence-electron chi connectivity index (χ2n) is 9.26. The highest BCUT2D eigenvalue weighted by Gasteiger charge is 2.41. The highest BCUT2D eigenvalue weighted by molar-refractivity contribution is 5.93. The number of carbonyl (C=O) groups excluding carboxylic acids is 2.